The summed E-state index contributed by atoms with van der Waals surface area (Å²) in [4.78, 5) is 11.9. The van der Waals surface area contributed by atoms with Gasteiger partial charge in [-0.2, -0.15) is 0 Å². The summed E-state index contributed by atoms with van der Waals surface area (Å²) < 4.78 is 0. The van der Waals surface area contributed by atoms with Gasteiger partial charge in [-0.05, 0) is 19.5 Å². The lowest BCUT2D eigenvalue weighted by molar-refractivity contribution is 0.217. The minimum atomic E-state index is -0.865. The van der Waals surface area contributed by atoms with Crippen molar-refractivity contribution in [1.29, 1.82) is 0 Å². The van der Waals surface area contributed by atoms with Crippen LogP contribution in [0.3, 0.4) is 0 Å². The van der Waals surface area contributed by atoms with Gasteiger partial charge in [-0.25, -0.2) is 0 Å². The average Bonchev–Trinajstić information content (AvgIpc) is 1.86. The molecule has 1 N–H and O–H groups in total. The molecule has 0 heterocycles. The predicted octanol–water partition coefficient (Wildman–Crippen LogP) is 1.02. The monoisotopic (exact) mass is 142 g/mol. The van der Waals surface area contributed by atoms with Crippen molar-refractivity contribution in [2.24, 2.45) is 0 Å². The molecular weight excluding hydrogens is 129 g/mol. The van der Waals surface area contributed by atoms with E-state index in [-0.39, 0.29) is 0 Å². The molecule has 10 heavy (non-hydrogen) atoms. The summed E-state index contributed by atoms with van der Waals surface area (Å²) >= 11 is 0. The van der Waals surface area contributed by atoms with E-state index < -0.39 is 5.87 Å². The Kier molecular flexibility index (Phi) is 5.03. The summed E-state index contributed by atoms with van der Waals surface area (Å²) in [6.07, 6.45) is 0.984. The van der Waals surface area contributed by atoms with Gasteiger partial charge in [0.2, 0.25) is 0 Å². The zero-order chi connectivity index (χ0) is 7.98. The van der Waals surface area contributed by atoms with E-state index in [1.165, 1.54) is 7.41 Å². The molecule has 0 atom stereocenters. The first-order valence-corrected chi connectivity index (χ1v) is 3.52. The summed E-state index contributed by atoms with van der Waals surface area (Å²) in [6, 6.07) is 0. The van der Waals surface area contributed by atoms with Gasteiger partial charge >= 0.3 is 7.41 Å². The van der Waals surface area contributed by atoms with Crippen LogP contribution in [0.5, 0.6) is 0 Å². The van der Waals surface area contributed by atoms with Crippen LogP contribution in [0.1, 0.15) is 20.3 Å². The van der Waals surface area contributed by atoms with Gasteiger partial charge in [0, 0.05) is 0 Å². The van der Waals surface area contributed by atoms with Gasteiger partial charge in [-0.1, -0.05) is 13.8 Å². The second kappa shape index (κ2) is 5.29. The van der Waals surface area contributed by atoms with Crippen LogP contribution in [0.4, 0.5) is 4.79 Å². The van der Waals surface area contributed by atoms with Crippen LogP contribution >= 0.6 is 0 Å². The minimum absolute atomic E-state index is 0.764. The molecule has 0 fully saturated rings. The van der Waals surface area contributed by atoms with E-state index in [4.69, 9.17) is 5.11 Å². The number of hydrogen-bond donors (Lipinski definition) is 1. The summed E-state index contributed by atoms with van der Waals surface area (Å²) in [7, 11) is 1.23. The third-order valence-corrected chi connectivity index (χ3v) is 1.21. The molecule has 0 aliphatic carbocycles. The van der Waals surface area contributed by atoms with Crippen molar-refractivity contribution in [2.45, 2.75) is 20.3 Å². The Morgan fingerprint density at radius 2 is 2.20 bits per heavy atom. The fourth-order valence-electron chi connectivity index (χ4n) is 0.757. The van der Waals surface area contributed by atoms with Crippen LogP contribution in [-0.4, -0.2) is 36.3 Å². The first kappa shape index (κ1) is 9.49. The summed E-state index contributed by atoms with van der Waals surface area (Å²) in [5, 5.41) is 8.34. The lowest BCUT2D eigenvalue weighted by Gasteiger charge is -2.14. The highest BCUT2D eigenvalue weighted by Gasteiger charge is 2.08. The molecule has 0 aromatic carbocycles. The molecule has 0 unspecified atom stereocenters. The maximum Gasteiger partial charge on any atom is 0.357 e. The average molecular weight is 142 g/mol. The molecule has 3 nitrogen and oxygen atoms in total. The molecule has 0 saturated heterocycles. The third-order valence-electron chi connectivity index (χ3n) is 1.21. The Hall–Kier alpha value is -0.505. The maximum absolute atomic E-state index is 10.1. The summed E-state index contributed by atoms with van der Waals surface area (Å²) in [5.41, 5.74) is 0. The smallest absolute Gasteiger partial charge is 0.357 e. The SMILES string of the molecule is CCCN([B]C(=O)O)CC. The third kappa shape index (κ3) is 4.38. The van der Waals surface area contributed by atoms with Crippen LogP contribution < -0.4 is 0 Å². The standard InChI is InChI=1S/C6H13BNO2/c1-3-5-8(4-2)7-6(9)10/h3-5H2,1-2H3,(H,9,10). The molecule has 0 aliphatic rings. The molecule has 1 radical (unpaired) electrons. The van der Waals surface area contributed by atoms with Crippen molar-refractivity contribution >= 4 is 13.3 Å². The number of hydrogen-bond acceptors (Lipinski definition) is 2. The second-order valence-corrected chi connectivity index (χ2v) is 2.10. The number of rotatable bonds is 5. The molecule has 0 aromatic heterocycles. The second-order valence-electron chi connectivity index (χ2n) is 2.10. The van der Waals surface area contributed by atoms with E-state index in [2.05, 4.69) is 0 Å². The van der Waals surface area contributed by atoms with Gasteiger partial charge in [-0.3, -0.25) is 4.79 Å². The Balaban J connectivity index is 3.49. The van der Waals surface area contributed by atoms with Gasteiger partial charge in [0.25, 0.3) is 5.87 Å². The maximum atomic E-state index is 10.1. The first-order chi connectivity index (χ1) is 4.70. The quantitative estimate of drug-likeness (QED) is 0.582. The molecule has 4 heteroatoms. The predicted molar refractivity (Wildman–Crippen MR) is 41.3 cm³/mol. The van der Waals surface area contributed by atoms with Crippen molar-refractivity contribution in [3.8, 4) is 0 Å². The highest BCUT2D eigenvalue weighted by Crippen LogP contribution is 1.87. The van der Waals surface area contributed by atoms with E-state index in [0.29, 0.717) is 0 Å². The fourth-order valence-corrected chi connectivity index (χ4v) is 0.757. The van der Waals surface area contributed by atoms with Crippen molar-refractivity contribution < 1.29 is 9.90 Å². The van der Waals surface area contributed by atoms with Crippen LogP contribution in [0.2, 0.25) is 0 Å². The lowest BCUT2D eigenvalue weighted by atomic mass is 9.92. The number of carboxylic acid groups (broad SMARTS) is 1. The summed E-state index contributed by atoms with van der Waals surface area (Å²) in [5.74, 6) is -0.865. The molecule has 57 valence electrons. The first-order valence-electron chi connectivity index (χ1n) is 3.52. The Labute approximate surface area is 62.3 Å². The Morgan fingerprint density at radius 3 is 2.50 bits per heavy atom. The summed E-state index contributed by atoms with van der Waals surface area (Å²) in [6.45, 7) is 5.55. The van der Waals surface area contributed by atoms with E-state index >= 15 is 0 Å². The molecular formula is C6H13BNO2. The molecule has 0 rings (SSSR count). The fraction of sp³-hybridized carbons (Fsp3) is 0.833. The number of carbonyl (C=O) groups is 1. The highest BCUT2D eigenvalue weighted by atomic mass is 16.4. The lowest BCUT2D eigenvalue weighted by Crippen LogP contribution is -2.33. The van der Waals surface area contributed by atoms with E-state index in [0.717, 1.165) is 19.5 Å². The van der Waals surface area contributed by atoms with E-state index in [9.17, 15) is 4.79 Å². The van der Waals surface area contributed by atoms with Crippen LogP contribution in [0.15, 0.2) is 0 Å². The van der Waals surface area contributed by atoms with Gasteiger partial charge < -0.3 is 9.92 Å². The van der Waals surface area contributed by atoms with Crippen molar-refractivity contribution in [3.05, 3.63) is 0 Å². The molecule has 0 saturated carbocycles. The molecule has 0 aliphatic heterocycles. The van der Waals surface area contributed by atoms with E-state index in [1.807, 2.05) is 13.8 Å². The van der Waals surface area contributed by atoms with E-state index in [1.54, 1.807) is 4.81 Å². The molecule has 0 aromatic rings. The zero-order valence-corrected chi connectivity index (χ0v) is 6.50. The van der Waals surface area contributed by atoms with Crippen molar-refractivity contribution in [3.63, 3.8) is 0 Å². The van der Waals surface area contributed by atoms with Crippen LogP contribution in [0, 0.1) is 0 Å². The van der Waals surface area contributed by atoms with Gasteiger partial charge in [-0.15, -0.1) is 0 Å². The largest absolute Gasteiger partial charge is 0.488 e. The van der Waals surface area contributed by atoms with Gasteiger partial charge in [0.15, 0.2) is 0 Å². The van der Waals surface area contributed by atoms with Gasteiger partial charge in [0.05, 0.1) is 0 Å². The van der Waals surface area contributed by atoms with Crippen LogP contribution in [-0.2, 0) is 0 Å². The van der Waals surface area contributed by atoms with Crippen molar-refractivity contribution in [1.82, 2.24) is 4.81 Å². The topological polar surface area (TPSA) is 40.5 Å². The van der Waals surface area contributed by atoms with Gasteiger partial charge in [0.1, 0.15) is 0 Å². The number of nitrogens with zero attached hydrogens (tertiary/aromatic N) is 1. The normalized spacial score (nSPS) is 9.90. The molecule has 0 amide bonds. The highest BCUT2D eigenvalue weighted by molar-refractivity contribution is 6.69. The Morgan fingerprint density at radius 1 is 1.60 bits per heavy atom. The molecule has 0 spiro atoms. The Bertz CT molecular complexity index is 108. The van der Waals surface area contributed by atoms with Crippen molar-refractivity contribution in [2.75, 3.05) is 13.1 Å². The molecule has 0 bridgehead atoms. The zero-order valence-electron chi connectivity index (χ0n) is 6.50. The minimum Gasteiger partial charge on any atom is -0.488 e. The van der Waals surface area contributed by atoms with Crippen LogP contribution in [0.25, 0.3) is 0 Å².